The number of ether oxygens (including phenoxy) is 3. The number of carbonyl (C=O) groups excluding carboxylic acids is 8. The van der Waals surface area contributed by atoms with Gasteiger partial charge in [0.2, 0.25) is 29.5 Å². The molecule has 88 heavy (non-hydrogen) atoms. The fraction of sp³-hybridized carbons (Fsp3) is 0.731. The number of rotatable bonds is 42. The number of ketones is 2. The van der Waals surface area contributed by atoms with Crippen LogP contribution in [0.25, 0.3) is 0 Å². The van der Waals surface area contributed by atoms with Gasteiger partial charge in [-0.2, -0.15) is 0 Å². The summed E-state index contributed by atoms with van der Waals surface area (Å²) in [5, 5.41) is 26.6. The number of methoxy groups -OCH3 is 2. The van der Waals surface area contributed by atoms with E-state index in [-0.39, 0.29) is 116 Å². The van der Waals surface area contributed by atoms with Gasteiger partial charge in [-0.3, -0.25) is 43.3 Å². The molecule has 21 nitrogen and oxygen atoms in total. The van der Waals surface area contributed by atoms with Gasteiger partial charge in [0.25, 0.3) is 5.91 Å². The van der Waals surface area contributed by atoms with E-state index < -0.39 is 71.3 Å². The number of hydrogen-bond donors (Lipinski definition) is 4. The molecule has 1 saturated carbocycles. The van der Waals surface area contributed by atoms with Crippen LogP contribution in [0.5, 0.6) is 11.8 Å². The Labute approximate surface area is 523 Å². The third kappa shape index (κ3) is 21.4. The van der Waals surface area contributed by atoms with Crippen LogP contribution in [0.15, 0.2) is 42.5 Å². The largest absolute Gasteiger partial charge is 0.492 e. The Morgan fingerprint density at radius 3 is 2.06 bits per heavy atom. The smallest absolute Gasteiger partial charge is 0.333 e. The van der Waals surface area contributed by atoms with Crippen molar-refractivity contribution in [2.75, 3.05) is 54.1 Å². The molecule has 2 fully saturated rings. The maximum absolute atomic E-state index is 14.5. The van der Waals surface area contributed by atoms with Gasteiger partial charge in [0.05, 0.1) is 55.3 Å². The first-order valence-corrected chi connectivity index (χ1v) is 32.5. The van der Waals surface area contributed by atoms with Crippen LogP contribution in [0.2, 0.25) is 0 Å². The van der Waals surface area contributed by atoms with Crippen molar-refractivity contribution < 1.29 is 72.5 Å². The standard InChI is InChI=1S/C67H108N6O15/c1-15-37-72(86-17-3)66(83)67(41-51(67)49-25-19-18-20-26-49)36-22-28-53(74)48(11)64(85-14)52-27-23-39-71(52)58(78)40-54(84-13)50(45(8)16-2)33-32-46(9)63(81)61(43(4)5)69-65(82)62(44(6)7)70(12)38-24-31-59(79)87-47(10)42-68-55(75)29-21-30-60(80)88-73-56(76)34-35-57(73)77/h18-20,25-26,34-35,43-48,50-52,54,61-62,64,76-77H,15-17,21-24,27-33,36-42H2,1-14H3,(H,68,75)(H,69,82). The third-order valence-corrected chi connectivity index (χ3v) is 18.1. The molecule has 1 saturated heterocycles. The third-order valence-electron chi connectivity index (χ3n) is 18.1. The summed E-state index contributed by atoms with van der Waals surface area (Å²) in [6.45, 7) is 23.2. The number of hydroxylamine groups is 2. The number of nitrogens with zero attached hydrogens (tertiary/aromatic N) is 4. The summed E-state index contributed by atoms with van der Waals surface area (Å²) in [5.74, 6) is -3.95. The summed E-state index contributed by atoms with van der Waals surface area (Å²) in [7, 11) is 5.06. The molecule has 12 atom stereocenters. The molecule has 2 aromatic rings. The van der Waals surface area contributed by atoms with Gasteiger partial charge in [0.1, 0.15) is 11.9 Å². The summed E-state index contributed by atoms with van der Waals surface area (Å²) in [6.07, 6.45) is 5.32. The molecule has 1 aromatic heterocycles. The fourth-order valence-electron chi connectivity index (χ4n) is 12.9. The molecular formula is C67H108N6O15. The van der Waals surface area contributed by atoms with Crippen molar-refractivity contribution in [1.82, 2.24) is 30.2 Å². The molecule has 4 rings (SSSR count). The van der Waals surface area contributed by atoms with Gasteiger partial charge >= 0.3 is 11.9 Å². The lowest BCUT2D eigenvalue weighted by molar-refractivity contribution is -0.191. The summed E-state index contributed by atoms with van der Waals surface area (Å²) in [6, 6.07) is 10.8. The molecule has 0 radical (unpaired) electrons. The maximum Gasteiger partial charge on any atom is 0.333 e. The van der Waals surface area contributed by atoms with Gasteiger partial charge in [0.15, 0.2) is 5.78 Å². The number of likely N-dealkylation sites (tertiary alicyclic amines) is 1. The Hall–Kier alpha value is -5.90. The highest BCUT2D eigenvalue weighted by molar-refractivity contribution is 5.92. The Balaban J connectivity index is 1.28. The van der Waals surface area contributed by atoms with Crippen molar-refractivity contribution in [3.05, 3.63) is 48.0 Å². The highest BCUT2D eigenvalue weighted by Gasteiger charge is 2.61. The minimum absolute atomic E-state index is 0.00684. The quantitative estimate of drug-likeness (QED) is 0.0358. The summed E-state index contributed by atoms with van der Waals surface area (Å²) < 4.78 is 18.4. The van der Waals surface area contributed by atoms with Gasteiger partial charge in [-0.05, 0) is 127 Å². The molecule has 2 aliphatic rings. The lowest BCUT2D eigenvalue weighted by Crippen LogP contribution is -2.55. The van der Waals surface area contributed by atoms with Crippen LogP contribution in [0.1, 0.15) is 190 Å². The highest BCUT2D eigenvalue weighted by atomic mass is 16.7. The average Bonchev–Trinajstić information content (AvgIpc) is 1.79. The SMILES string of the molecule is CCCN(OCC)C(=O)C1(CCCC(=O)C(C)C(OC)C2CCCN2C(=O)CC(OC)C(CCC(C)C(=O)C(NC(=O)C(C(C)C)N(C)CCCC(=O)OC(C)CNC(=O)CCCC(=O)On2c(O)ccc2O)C(C)C)C(C)CC)CC1c1ccccc1. The molecule has 2 heterocycles. The summed E-state index contributed by atoms with van der Waals surface area (Å²) >= 11 is 0. The molecule has 1 aromatic carbocycles. The van der Waals surface area contributed by atoms with E-state index in [2.05, 4.69) is 36.6 Å². The van der Waals surface area contributed by atoms with Crippen LogP contribution >= 0.6 is 0 Å². The van der Waals surface area contributed by atoms with Crippen LogP contribution in [-0.2, 0) is 57.4 Å². The molecule has 21 heteroatoms. The first-order chi connectivity index (χ1) is 41.8. The molecule has 4 N–H and O–H groups in total. The van der Waals surface area contributed by atoms with Gasteiger partial charge in [-0.25, -0.2) is 9.86 Å². The Kier molecular flexibility index (Phi) is 31.1. The van der Waals surface area contributed by atoms with Crippen LogP contribution in [0.4, 0.5) is 0 Å². The highest BCUT2D eigenvalue weighted by Crippen LogP contribution is 2.63. The number of carbonyl (C=O) groups is 8. The Morgan fingerprint density at radius 2 is 1.45 bits per heavy atom. The summed E-state index contributed by atoms with van der Waals surface area (Å²) in [4.78, 5) is 123. The zero-order valence-electron chi connectivity index (χ0n) is 55.4. The van der Waals surface area contributed by atoms with E-state index in [1.54, 1.807) is 21.1 Å². The molecule has 4 amide bonds. The van der Waals surface area contributed by atoms with E-state index in [4.69, 9.17) is 23.9 Å². The number of hydrogen-bond acceptors (Lipinski definition) is 16. The number of aromatic nitrogens is 1. The molecule has 0 bridgehead atoms. The second kappa shape index (κ2) is 36.7. The van der Waals surface area contributed by atoms with E-state index in [1.165, 1.54) is 5.06 Å². The maximum atomic E-state index is 14.5. The van der Waals surface area contributed by atoms with Crippen molar-refractivity contribution >= 4 is 47.1 Å². The minimum Gasteiger partial charge on any atom is -0.492 e. The predicted molar refractivity (Wildman–Crippen MR) is 334 cm³/mol. The molecule has 496 valence electrons. The van der Waals surface area contributed by atoms with E-state index in [0.717, 1.165) is 37.0 Å². The minimum atomic E-state index is -0.753. The van der Waals surface area contributed by atoms with Crippen LogP contribution in [0, 0.1) is 40.9 Å². The second-order valence-electron chi connectivity index (χ2n) is 25.4. The number of esters is 1. The number of benzene rings is 1. The van der Waals surface area contributed by atoms with Gasteiger partial charge < -0.3 is 44.8 Å². The first-order valence-electron chi connectivity index (χ1n) is 32.5. The van der Waals surface area contributed by atoms with E-state index in [1.807, 2.05) is 90.4 Å². The van der Waals surface area contributed by atoms with Gasteiger partial charge in [0, 0.05) is 77.0 Å². The first kappa shape index (κ1) is 74.6. The monoisotopic (exact) mass is 1240 g/mol. The Morgan fingerprint density at radius 1 is 0.784 bits per heavy atom. The van der Waals surface area contributed by atoms with Crippen LogP contribution in [-0.4, -0.2) is 167 Å². The number of nitrogens with one attached hydrogen (secondary N) is 2. The van der Waals surface area contributed by atoms with Crippen molar-refractivity contribution in [1.29, 1.82) is 0 Å². The number of Topliss-reactive ketones (excluding diaryl/α,β-unsaturated/α-hetero) is 2. The topological polar surface area (TPSA) is 262 Å². The number of likely N-dealkylation sites (N-methyl/N-ethyl adjacent to an activating group) is 1. The van der Waals surface area contributed by atoms with Crippen molar-refractivity contribution in [3.8, 4) is 11.8 Å². The zero-order chi connectivity index (χ0) is 65.4. The second-order valence-corrected chi connectivity index (χ2v) is 25.4. The van der Waals surface area contributed by atoms with Crippen molar-refractivity contribution in [3.63, 3.8) is 0 Å². The fourth-order valence-corrected chi connectivity index (χ4v) is 12.9. The van der Waals surface area contributed by atoms with Crippen LogP contribution in [0.3, 0.4) is 0 Å². The normalized spacial score (nSPS) is 19.7. The molecule has 1 aliphatic carbocycles. The van der Waals surface area contributed by atoms with Crippen molar-refractivity contribution in [2.45, 2.75) is 221 Å². The van der Waals surface area contributed by atoms with Crippen molar-refractivity contribution in [2.24, 2.45) is 40.9 Å². The van der Waals surface area contributed by atoms with Crippen LogP contribution < -0.4 is 15.5 Å². The van der Waals surface area contributed by atoms with E-state index in [9.17, 15) is 48.6 Å². The van der Waals surface area contributed by atoms with E-state index >= 15 is 0 Å². The lowest BCUT2D eigenvalue weighted by Gasteiger charge is -2.36. The zero-order valence-corrected chi connectivity index (χ0v) is 55.4. The van der Waals surface area contributed by atoms with Gasteiger partial charge in [-0.1, -0.05) is 99.1 Å². The van der Waals surface area contributed by atoms with Gasteiger partial charge in [-0.15, -0.1) is 4.73 Å². The molecule has 0 spiro atoms. The molecular weight excluding hydrogens is 1130 g/mol. The predicted octanol–water partition coefficient (Wildman–Crippen LogP) is 8.75. The number of amides is 4. The molecule has 12 unspecified atom stereocenters. The number of aromatic hydroxyl groups is 2. The average molecular weight is 1240 g/mol. The molecule has 1 aliphatic heterocycles. The summed E-state index contributed by atoms with van der Waals surface area (Å²) in [5.41, 5.74) is 0.486. The Bertz CT molecular complexity index is 2520. The van der Waals surface area contributed by atoms with E-state index in [0.29, 0.717) is 75.9 Å². The lowest BCUT2D eigenvalue weighted by atomic mass is 9.79.